The van der Waals surface area contributed by atoms with Crippen LogP contribution in [0.1, 0.15) is 17.8 Å². The van der Waals surface area contributed by atoms with Crippen molar-refractivity contribution < 1.29 is 9.47 Å². The van der Waals surface area contributed by atoms with Gasteiger partial charge >= 0.3 is 0 Å². The van der Waals surface area contributed by atoms with Crippen LogP contribution in [0.4, 0.5) is 0 Å². The summed E-state index contributed by atoms with van der Waals surface area (Å²) >= 11 is 3.56. The average Bonchev–Trinajstić information content (AvgIpc) is 2.44. The molecule has 1 aliphatic carbocycles. The zero-order valence-corrected chi connectivity index (χ0v) is 11.6. The molecule has 90 valence electrons. The van der Waals surface area contributed by atoms with Crippen LogP contribution < -0.4 is 4.74 Å². The van der Waals surface area contributed by atoms with E-state index in [4.69, 9.17) is 9.47 Å². The number of nitrogens with zero attached hydrogens (tertiary/aromatic N) is 2. The molecule has 0 N–H and O–H groups in total. The molecule has 1 aliphatic rings. The summed E-state index contributed by atoms with van der Waals surface area (Å²) in [5.74, 6) is 0.897. The number of aromatic nitrogens is 2. The molecule has 0 radical (unpaired) electrons. The van der Waals surface area contributed by atoms with E-state index in [9.17, 15) is 0 Å². The number of methoxy groups -OCH3 is 1. The molecule has 1 saturated carbocycles. The van der Waals surface area contributed by atoms with E-state index >= 15 is 0 Å². The Morgan fingerprint density at radius 2 is 2.12 bits per heavy atom. The molecule has 2 rings (SSSR count). The van der Waals surface area contributed by atoms with Gasteiger partial charge in [-0.3, -0.25) is 4.68 Å². The van der Waals surface area contributed by atoms with E-state index in [2.05, 4.69) is 21.0 Å². The van der Waals surface area contributed by atoms with Gasteiger partial charge in [0, 0.05) is 25.4 Å². The predicted molar refractivity (Wildman–Crippen MR) is 65.2 cm³/mol. The third-order valence-electron chi connectivity index (χ3n) is 3.16. The van der Waals surface area contributed by atoms with Crippen LogP contribution in [0.5, 0.6) is 5.75 Å². The average molecular weight is 289 g/mol. The molecule has 0 bridgehead atoms. The molecular weight excluding hydrogens is 272 g/mol. The number of aryl methyl sites for hydroxylation is 2. The van der Waals surface area contributed by atoms with E-state index < -0.39 is 0 Å². The van der Waals surface area contributed by atoms with Gasteiger partial charge in [-0.25, -0.2) is 0 Å². The maximum Gasteiger partial charge on any atom is 0.163 e. The first kappa shape index (κ1) is 11.9. The van der Waals surface area contributed by atoms with E-state index in [1.54, 1.807) is 7.11 Å². The standard InChI is InChI=1S/C11H17BrN2O2/c1-6-10(7(2)14(3)13-6)16-9-5-8(12)11(9)15-4/h8-9,11H,5H2,1-4H3. The molecule has 1 aromatic heterocycles. The highest BCUT2D eigenvalue weighted by atomic mass is 79.9. The zero-order chi connectivity index (χ0) is 11.9. The summed E-state index contributed by atoms with van der Waals surface area (Å²) in [6, 6.07) is 0. The second-order valence-corrected chi connectivity index (χ2v) is 5.41. The van der Waals surface area contributed by atoms with Gasteiger partial charge < -0.3 is 9.47 Å². The Labute approximate surface area is 104 Å². The van der Waals surface area contributed by atoms with Crippen molar-refractivity contribution in [1.82, 2.24) is 9.78 Å². The van der Waals surface area contributed by atoms with Crippen LogP contribution in [0.3, 0.4) is 0 Å². The van der Waals surface area contributed by atoms with Crippen LogP contribution in [0, 0.1) is 13.8 Å². The molecule has 1 fully saturated rings. The van der Waals surface area contributed by atoms with Crippen molar-refractivity contribution in [2.75, 3.05) is 7.11 Å². The highest BCUT2D eigenvalue weighted by molar-refractivity contribution is 9.09. The molecule has 0 spiro atoms. The lowest BCUT2D eigenvalue weighted by atomic mass is 9.91. The van der Waals surface area contributed by atoms with Crippen molar-refractivity contribution in [3.63, 3.8) is 0 Å². The summed E-state index contributed by atoms with van der Waals surface area (Å²) in [4.78, 5) is 0.403. The van der Waals surface area contributed by atoms with Gasteiger partial charge in [-0.05, 0) is 13.8 Å². The number of halogens is 1. The van der Waals surface area contributed by atoms with Gasteiger partial charge in [-0.1, -0.05) is 15.9 Å². The first-order chi connectivity index (χ1) is 7.54. The first-order valence-corrected chi connectivity index (χ1v) is 6.30. The third-order valence-corrected chi connectivity index (χ3v) is 4.06. The highest BCUT2D eigenvalue weighted by Gasteiger charge is 2.42. The quantitative estimate of drug-likeness (QED) is 0.798. The van der Waals surface area contributed by atoms with Gasteiger partial charge in [0.25, 0.3) is 0 Å². The summed E-state index contributed by atoms with van der Waals surface area (Å²) in [6.45, 7) is 3.98. The first-order valence-electron chi connectivity index (χ1n) is 5.38. The topological polar surface area (TPSA) is 36.3 Å². The van der Waals surface area contributed by atoms with Gasteiger partial charge in [0.15, 0.2) is 5.75 Å². The Morgan fingerprint density at radius 3 is 2.56 bits per heavy atom. The maximum atomic E-state index is 5.97. The fourth-order valence-corrected chi connectivity index (χ4v) is 2.94. The summed E-state index contributed by atoms with van der Waals surface area (Å²) in [7, 11) is 3.65. The molecule has 4 nitrogen and oxygen atoms in total. The van der Waals surface area contributed by atoms with Crippen LogP contribution in [0.15, 0.2) is 0 Å². The van der Waals surface area contributed by atoms with Crippen molar-refractivity contribution in [2.45, 2.75) is 37.3 Å². The lowest BCUT2D eigenvalue weighted by Crippen LogP contribution is -2.52. The lowest BCUT2D eigenvalue weighted by Gasteiger charge is -2.40. The minimum absolute atomic E-state index is 0.135. The van der Waals surface area contributed by atoms with Crippen LogP contribution >= 0.6 is 15.9 Å². The number of hydrogen-bond acceptors (Lipinski definition) is 3. The smallest absolute Gasteiger partial charge is 0.163 e. The maximum absolute atomic E-state index is 5.97. The Morgan fingerprint density at radius 1 is 1.44 bits per heavy atom. The molecule has 16 heavy (non-hydrogen) atoms. The van der Waals surface area contributed by atoms with Crippen molar-refractivity contribution in [3.05, 3.63) is 11.4 Å². The van der Waals surface area contributed by atoms with E-state index in [1.807, 2.05) is 25.6 Å². The third kappa shape index (κ3) is 1.86. The predicted octanol–water partition coefficient (Wildman–Crippen LogP) is 1.97. The molecule has 1 heterocycles. The summed E-state index contributed by atoms with van der Waals surface area (Å²) < 4.78 is 13.2. The van der Waals surface area contributed by atoms with E-state index in [0.29, 0.717) is 4.83 Å². The number of alkyl halides is 1. The molecule has 3 unspecified atom stereocenters. The monoisotopic (exact) mass is 288 g/mol. The molecule has 0 aliphatic heterocycles. The number of ether oxygens (including phenoxy) is 2. The molecule has 1 aromatic rings. The fourth-order valence-electron chi connectivity index (χ4n) is 2.02. The van der Waals surface area contributed by atoms with Gasteiger partial charge in [-0.15, -0.1) is 0 Å². The summed E-state index contributed by atoms with van der Waals surface area (Å²) in [5.41, 5.74) is 2.00. The summed E-state index contributed by atoms with van der Waals surface area (Å²) in [5, 5.41) is 4.33. The Balaban J connectivity index is 2.10. The van der Waals surface area contributed by atoms with E-state index in [0.717, 1.165) is 23.6 Å². The molecule has 5 heteroatoms. The second kappa shape index (κ2) is 4.37. The van der Waals surface area contributed by atoms with Crippen molar-refractivity contribution >= 4 is 15.9 Å². The minimum Gasteiger partial charge on any atom is -0.484 e. The second-order valence-electron chi connectivity index (χ2n) is 4.23. The molecule has 0 saturated heterocycles. The Bertz CT molecular complexity index is 392. The normalized spacial score (nSPS) is 28.9. The SMILES string of the molecule is COC1C(Br)CC1Oc1c(C)nn(C)c1C. The lowest BCUT2D eigenvalue weighted by molar-refractivity contribution is -0.0550. The molecule has 3 atom stereocenters. The van der Waals surface area contributed by atoms with Crippen molar-refractivity contribution in [1.29, 1.82) is 0 Å². The van der Waals surface area contributed by atoms with E-state index in [-0.39, 0.29) is 12.2 Å². The molecular formula is C11H17BrN2O2. The fraction of sp³-hybridized carbons (Fsp3) is 0.727. The van der Waals surface area contributed by atoms with Gasteiger partial charge in [0.1, 0.15) is 17.9 Å². The Hall–Kier alpha value is -0.550. The van der Waals surface area contributed by atoms with Crippen molar-refractivity contribution in [3.8, 4) is 5.75 Å². The van der Waals surface area contributed by atoms with Gasteiger partial charge in [0.05, 0.1) is 5.69 Å². The zero-order valence-electron chi connectivity index (χ0n) is 10.0. The summed E-state index contributed by atoms with van der Waals surface area (Å²) in [6.07, 6.45) is 1.25. The van der Waals surface area contributed by atoms with Gasteiger partial charge in [0.2, 0.25) is 0 Å². The number of rotatable bonds is 3. The highest BCUT2D eigenvalue weighted by Crippen LogP contribution is 2.35. The number of hydrogen-bond donors (Lipinski definition) is 0. The molecule has 0 amide bonds. The largest absolute Gasteiger partial charge is 0.484 e. The van der Waals surface area contributed by atoms with Crippen LogP contribution in [-0.4, -0.2) is 33.9 Å². The Kier molecular flexibility index (Phi) is 3.26. The minimum atomic E-state index is 0.135. The van der Waals surface area contributed by atoms with Crippen LogP contribution in [0.25, 0.3) is 0 Å². The van der Waals surface area contributed by atoms with Gasteiger partial charge in [-0.2, -0.15) is 5.10 Å². The van der Waals surface area contributed by atoms with Crippen molar-refractivity contribution in [2.24, 2.45) is 7.05 Å². The van der Waals surface area contributed by atoms with E-state index in [1.165, 1.54) is 0 Å². The molecule has 0 aromatic carbocycles. The van der Waals surface area contributed by atoms with Crippen LogP contribution in [-0.2, 0) is 11.8 Å². The van der Waals surface area contributed by atoms with Crippen LogP contribution in [0.2, 0.25) is 0 Å².